The van der Waals surface area contributed by atoms with Crippen molar-refractivity contribution in [3.63, 3.8) is 0 Å². The highest BCUT2D eigenvalue weighted by molar-refractivity contribution is 6.02. The van der Waals surface area contributed by atoms with E-state index in [4.69, 9.17) is 0 Å². The lowest BCUT2D eigenvalue weighted by Gasteiger charge is -1.98. The van der Waals surface area contributed by atoms with Crippen LogP contribution in [0.5, 0.6) is 0 Å². The van der Waals surface area contributed by atoms with Crippen molar-refractivity contribution in [2.75, 3.05) is 0 Å². The summed E-state index contributed by atoms with van der Waals surface area (Å²) in [7, 11) is 0. The summed E-state index contributed by atoms with van der Waals surface area (Å²) in [5.41, 5.74) is -0.635. The van der Waals surface area contributed by atoms with Crippen LogP contribution in [-0.2, 0) is 4.79 Å². The van der Waals surface area contributed by atoms with E-state index in [-0.39, 0.29) is 12.0 Å². The van der Waals surface area contributed by atoms with E-state index in [1.54, 1.807) is 5.32 Å². The number of hydrogen-bond donors (Lipinski definition) is 1. The van der Waals surface area contributed by atoms with Gasteiger partial charge in [-0.2, -0.15) is 0 Å². The predicted octanol–water partition coefficient (Wildman–Crippen LogP) is -0.124. The van der Waals surface area contributed by atoms with Crippen LogP contribution in [0.25, 0.3) is 0 Å². The largest absolute Gasteiger partial charge is 0.300 e. The van der Waals surface area contributed by atoms with Gasteiger partial charge in [-0.05, 0) is 6.07 Å². The van der Waals surface area contributed by atoms with E-state index in [2.05, 4.69) is 4.98 Å². The van der Waals surface area contributed by atoms with E-state index in [0.717, 1.165) is 12.3 Å². The second-order valence-electron chi connectivity index (χ2n) is 2.24. The van der Waals surface area contributed by atoms with Gasteiger partial charge in [-0.25, -0.2) is 0 Å². The van der Waals surface area contributed by atoms with Crippen molar-refractivity contribution >= 4 is 18.0 Å². The molecule has 72 valence electrons. The monoisotopic (exact) mass is 195 g/mol. The van der Waals surface area contributed by atoms with Gasteiger partial charge in [0.25, 0.3) is 11.6 Å². The molecule has 1 N–H and O–H groups in total. The van der Waals surface area contributed by atoms with Gasteiger partial charge in [-0.1, -0.05) is 0 Å². The number of rotatable bonds is 3. The molecule has 0 spiro atoms. The summed E-state index contributed by atoms with van der Waals surface area (Å²) >= 11 is 0. The summed E-state index contributed by atoms with van der Waals surface area (Å²) < 4.78 is 0. The molecule has 0 saturated heterocycles. The Morgan fingerprint density at radius 1 is 1.64 bits per heavy atom. The number of nitrogens with one attached hydrogen (secondary N) is 1. The van der Waals surface area contributed by atoms with Crippen LogP contribution in [0.15, 0.2) is 18.5 Å². The third kappa shape index (κ3) is 1.89. The van der Waals surface area contributed by atoms with Crippen LogP contribution in [-0.4, -0.2) is 22.2 Å². The quantitative estimate of drug-likeness (QED) is 0.411. The summed E-state index contributed by atoms with van der Waals surface area (Å²) in [4.78, 5) is 34.2. The highest BCUT2D eigenvalue weighted by Gasteiger charge is 2.19. The van der Waals surface area contributed by atoms with Crippen LogP contribution in [0.1, 0.15) is 10.4 Å². The van der Waals surface area contributed by atoms with Crippen LogP contribution in [0, 0.1) is 10.1 Å². The molecule has 1 heterocycles. The number of carbonyl (C=O) groups is 2. The van der Waals surface area contributed by atoms with E-state index in [1.807, 2.05) is 0 Å². The van der Waals surface area contributed by atoms with Crippen molar-refractivity contribution in [2.24, 2.45) is 0 Å². The molecule has 0 aliphatic rings. The normalized spacial score (nSPS) is 9.14. The van der Waals surface area contributed by atoms with Gasteiger partial charge >= 0.3 is 0 Å². The van der Waals surface area contributed by atoms with Crippen molar-refractivity contribution in [3.05, 3.63) is 34.1 Å². The molecule has 0 atom stereocenters. The summed E-state index contributed by atoms with van der Waals surface area (Å²) in [5, 5.41) is 12.2. The lowest BCUT2D eigenvalue weighted by atomic mass is 10.2. The maximum atomic E-state index is 11.1. The molecule has 0 aromatic carbocycles. The van der Waals surface area contributed by atoms with E-state index in [9.17, 15) is 19.7 Å². The Kier molecular flexibility index (Phi) is 2.85. The van der Waals surface area contributed by atoms with Crippen molar-refractivity contribution in [1.29, 1.82) is 0 Å². The first kappa shape index (κ1) is 9.78. The minimum Gasteiger partial charge on any atom is -0.295 e. The number of nitrogens with zero attached hydrogens (tertiary/aromatic N) is 2. The predicted molar refractivity (Wildman–Crippen MR) is 44.4 cm³/mol. The number of imide groups is 1. The average Bonchev–Trinajstić information content (AvgIpc) is 2.18. The average molecular weight is 195 g/mol. The molecule has 0 radical (unpaired) electrons. The minimum absolute atomic E-state index is 0.159. The number of amides is 2. The summed E-state index contributed by atoms with van der Waals surface area (Å²) in [6.07, 6.45) is 2.33. The molecule has 0 bridgehead atoms. The topological polar surface area (TPSA) is 102 Å². The molecule has 0 aliphatic heterocycles. The maximum absolute atomic E-state index is 11.1. The second kappa shape index (κ2) is 4.08. The molecule has 1 aromatic heterocycles. The van der Waals surface area contributed by atoms with Gasteiger partial charge in [0.05, 0.1) is 4.92 Å². The Morgan fingerprint density at radius 2 is 2.36 bits per heavy atom. The summed E-state index contributed by atoms with van der Waals surface area (Å²) in [6, 6.07) is 1.16. The third-order valence-corrected chi connectivity index (χ3v) is 1.43. The fourth-order valence-electron chi connectivity index (χ4n) is 0.855. The second-order valence-corrected chi connectivity index (χ2v) is 2.24. The zero-order chi connectivity index (χ0) is 10.6. The Morgan fingerprint density at radius 3 is 2.93 bits per heavy atom. The zero-order valence-corrected chi connectivity index (χ0v) is 6.84. The number of carbonyl (C=O) groups excluding carboxylic acids is 2. The van der Waals surface area contributed by atoms with Crippen molar-refractivity contribution in [1.82, 2.24) is 10.3 Å². The summed E-state index contributed by atoms with van der Waals surface area (Å²) in [6.45, 7) is 0. The molecular formula is C7H5N3O4. The van der Waals surface area contributed by atoms with Crippen LogP contribution >= 0.6 is 0 Å². The van der Waals surface area contributed by atoms with Gasteiger partial charge in [-0.3, -0.25) is 30.0 Å². The molecule has 2 amide bonds. The van der Waals surface area contributed by atoms with Crippen LogP contribution < -0.4 is 5.32 Å². The van der Waals surface area contributed by atoms with Gasteiger partial charge in [-0.15, -0.1) is 0 Å². The lowest BCUT2D eigenvalue weighted by molar-refractivity contribution is -0.385. The number of pyridine rings is 1. The molecule has 7 heteroatoms. The Balaban J connectivity index is 3.12. The smallest absolute Gasteiger partial charge is 0.295 e. The van der Waals surface area contributed by atoms with E-state index < -0.39 is 16.5 Å². The molecule has 7 nitrogen and oxygen atoms in total. The Labute approximate surface area is 77.9 Å². The van der Waals surface area contributed by atoms with Gasteiger partial charge in [0.15, 0.2) is 0 Å². The summed E-state index contributed by atoms with van der Waals surface area (Å²) in [5.74, 6) is -0.825. The van der Waals surface area contributed by atoms with Crippen molar-refractivity contribution < 1.29 is 14.5 Å². The van der Waals surface area contributed by atoms with E-state index >= 15 is 0 Å². The minimum atomic E-state index is -0.825. The standard InChI is InChI=1S/C7H5N3O4/c11-4-9-7(12)5-1-2-8-3-6(5)10(13)14/h1-4H,(H,9,11,12). The van der Waals surface area contributed by atoms with Crippen LogP contribution in [0.2, 0.25) is 0 Å². The van der Waals surface area contributed by atoms with Gasteiger partial charge < -0.3 is 0 Å². The first-order chi connectivity index (χ1) is 6.66. The highest BCUT2D eigenvalue weighted by Crippen LogP contribution is 2.15. The lowest BCUT2D eigenvalue weighted by Crippen LogP contribution is -2.22. The first-order valence-corrected chi connectivity index (χ1v) is 3.49. The molecule has 1 aromatic rings. The van der Waals surface area contributed by atoms with Gasteiger partial charge in [0.1, 0.15) is 11.8 Å². The first-order valence-electron chi connectivity index (χ1n) is 3.49. The highest BCUT2D eigenvalue weighted by atomic mass is 16.6. The molecule has 0 aliphatic carbocycles. The van der Waals surface area contributed by atoms with Gasteiger partial charge in [0, 0.05) is 6.20 Å². The van der Waals surface area contributed by atoms with Crippen LogP contribution in [0.3, 0.4) is 0 Å². The number of nitro groups is 1. The SMILES string of the molecule is O=CNC(=O)c1ccncc1[N+](=O)[O-]. The van der Waals surface area contributed by atoms with E-state index in [1.165, 1.54) is 6.20 Å². The zero-order valence-electron chi connectivity index (χ0n) is 6.84. The molecule has 0 saturated carbocycles. The molecular weight excluding hydrogens is 190 g/mol. The third-order valence-electron chi connectivity index (χ3n) is 1.43. The molecule has 14 heavy (non-hydrogen) atoms. The van der Waals surface area contributed by atoms with Crippen molar-refractivity contribution in [3.8, 4) is 0 Å². The molecule has 0 fully saturated rings. The number of hydrogen-bond acceptors (Lipinski definition) is 5. The molecule has 1 rings (SSSR count). The molecule has 0 unspecified atom stereocenters. The van der Waals surface area contributed by atoms with E-state index in [0.29, 0.717) is 0 Å². The van der Waals surface area contributed by atoms with Crippen molar-refractivity contribution in [2.45, 2.75) is 0 Å². The van der Waals surface area contributed by atoms with Gasteiger partial charge in [0.2, 0.25) is 6.41 Å². The number of aromatic nitrogens is 1. The Hall–Kier alpha value is -2.31. The maximum Gasteiger partial charge on any atom is 0.300 e. The Bertz CT molecular complexity index is 390. The fraction of sp³-hybridized carbons (Fsp3) is 0. The fourth-order valence-corrected chi connectivity index (χ4v) is 0.855. The van der Waals surface area contributed by atoms with Crippen LogP contribution in [0.4, 0.5) is 5.69 Å².